The molecule has 89 heavy (non-hydrogen) atoms. The number of fused-ring (bicyclic) bond motifs is 4. The van der Waals surface area contributed by atoms with E-state index in [2.05, 4.69) is 0 Å². The molecule has 8 aromatic carbocycles. The number of hydrogen-bond acceptors (Lipinski definition) is 11. The van der Waals surface area contributed by atoms with Crippen molar-refractivity contribution >= 4 is 66.3 Å². The summed E-state index contributed by atoms with van der Waals surface area (Å²) in [6.07, 6.45) is -2.23. The zero-order chi connectivity index (χ0) is 60.0. The van der Waals surface area contributed by atoms with Crippen LogP contribution in [0.25, 0.3) is 111 Å². The van der Waals surface area contributed by atoms with Gasteiger partial charge < -0.3 is 29.4 Å². The van der Waals surface area contributed by atoms with Gasteiger partial charge in [-0.05, 0) is 109 Å². The Labute approximate surface area is 517 Å². The highest BCUT2D eigenvalue weighted by Gasteiger charge is 2.64. The normalized spacial score (nSPS) is 14.0. The molecule has 0 bridgehead atoms. The average molecular weight is 1200 g/mol. The van der Waals surface area contributed by atoms with E-state index in [0.717, 1.165) is 77.7 Å². The van der Waals surface area contributed by atoms with E-state index in [4.69, 9.17) is 24.8 Å². The molecule has 0 amide bonds. The second-order valence-corrected chi connectivity index (χ2v) is 24.1. The Bertz CT molecular complexity index is 5270. The van der Waals surface area contributed by atoms with Crippen LogP contribution >= 0.6 is 22.7 Å². The minimum absolute atomic E-state index is 0.0572. The summed E-state index contributed by atoms with van der Waals surface area (Å²) in [7, 11) is 1.75. The molecule has 0 aliphatic heterocycles. The Morgan fingerprint density at radius 3 is 1.33 bits per heavy atom. The number of aliphatic hydroxyl groups excluding tert-OH is 2. The number of nitrogens with zero attached hydrogens (tertiary/aromatic N) is 9. The third-order valence-corrected chi connectivity index (χ3v) is 19.1. The zero-order valence-corrected chi connectivity index (χ0v) is 49.2. The van der Waals surface area contributed by atoms with Gasteiger partial charge >= 0.3 is 0 Å². The number of aryl methyl sites for hydroxylation is 1. The number of benzene rings is 8. The van der Waals surface area contributed by atoms with Crippen molar-refractivity contribution in [3.63, 3.8) is 0 Å². The van der Waals surface area contributed by atoms with Gasteiger partial charge in [-0.1, -0.05) is 146 Å². The highest BCUT2D eigenvalue weighted by atomic mass is 32.1. The fourth-order valence-electron chi connectivity index (χ4n) is 12.6. The molecule has 14 nitrogen and oxygen atoms in total. The smallest absolute Gasteiger partial charge is 0.172 e. The maximum absolute atomic E-state index is 14.9. The van der Waals surface area contributed by atoms with E-state index in [1.165, 1.54) is 11.3 Å². The van der Waals surface area contributed by atoms with Crippen molar-refractivity contribution < 1.29 is 24.8 Å². The van der Waals surface area contributed by atoms with Gasteiger partial charge in [0.15, 0.2) is 17.0 Å². The van der Waals surface area contributed by atoms with Crippen LogP contribution in [0.3, 0.4) is 0 Å². The summed E-state index contributed by atoms with van der Waals surface area (Å²) in [5.41, 5.74) is 4.64. The number of rotatable bonds is 15. The Balaban J connectivity index is 0.914. The molecule has 4 unspecified atom stereocenters. The Kier molecular flexibility index (Phi) is 12.9. The van der Waals surface area contributed by atoms with Crippen molar-refractivity contribution in [3.05, 3.63) is 288 Å². The fraction of sp³-hybridized carbons (Fsp3) is 0.0685. The van der Waals surface area contributed by atoms with Crippen LogP contribution in [-0.2, 0) is 18.2 Å². The van der Waals surface area contributed by atoms with Crippen LogP contribution in [0.1, 0.15) is 33.4 Å². The summed E-state index contributed by atoms with van der Waals surface area (Å²) in [5, 5.41) is 83.2. The highest BCUT2D eigenvalue weighted by molar-refractivity contribution is 7.15. The minimum Gasteiger partial charge on any atom is -0.456 e. The number of aliphatic hydroxyl groups is 4. The molecule has 8 aromatic heterocycles. The second kappa shape index (κ2) is 21.4. The third kappa shape index (κ3) is 8.67. The predicted molar refractivity (Wildman–Crippen MR) is 351 cm³/mol. The summed E-state index contributed by atoms with van der Waals surface area (Å²) in [6.45, 7) is 0. The molecule has 0 aliphatic rings. The van der Waals surface area contributed by atoms with Crippen LogP contribution in [-0.4, -0.2) is 64.1 Å². The first-order valence-electron chi connectivity index (χ1n) is 29.0. The molecule has 16 aromatic rings. The Morgan fingerprint density at radius 2 is 0.831 bits per heavy atom. The van der Waals surface area contributed by atoms with Gasteiger partial charge in [0, 0.05) is 61.1 Å². The van der Waals surface area contributed by atoms with Gasteiger partial charge in [0.25, 0.3) is 0 Å². The van der Waals surface area contributed by atoms with E-state index in [-0.39, 0.29) is 21.2 Å². The van der Waals surface area contributed by atoms with Crippen molar-refractivity contribution in [2.75, 3.05) is 0 Å². The lowest BCUT2D eigenvalue weighted by Gasteiger charge is -2.47. The maximum Gasteiger partial charge on any atom is 0.172 e. The molecule has 0 saturated heterocycles. The number of hydrogen-bond donors (Lipinski definition) is 4. The molecule has 0 radical (unpaired) electrons. The fourth-order valence-corrected chi connectivity index (χ4v) is 14.7. The first-order valence-corrected chi connectivity index (χ1v) is 30.7. The summed E-state index contributed by atoms with van der Waals surface area (Å²) in [6, 6.07) is 81.4. The van der Waals surface area contributed by atoms with Gasteiger partial charge in [-0.15, -0.1) is 22.7 Å². The topological polar surface area (TPSA) is 170 Å². The monoisotopic (exact) mass is 1200 g/mol. The molecule has 8 heterocycles. The quantitative estimate of drug-likeness (QED) is 0.0780. The summed E-state index contributed by atoms with van der Waals surface area (Å²) in [4.78, 5) is 1.07. The lowest BCUT2D eigenvalue weighted by molar-refractivity contribution is -0.261. The van der Waals surface area contributed by atoms with Crippen molar-refractivity contribution in [1.82, 2.24) is 43.7 Å². The van der Waals surface area contributed by atoms with Gasteiger partial charge in [0.05, 0.1) is 55.4 Å². The molecule has 4 N–H and O–H groups in total. The summed E-state index contributed by atoms with van der Waals surface area (Å²) in [5.74, 6) is 0.195. The standard InChI is InChI=1S/C73H53N9O5S2/c1-78-44-46(66-52-30-14-18-34-56(52)79(74-66)48-22-6-2-7-23-48)42-64(78)72(85,71(84)63-41-40-62(89-63)69-55-33-17-21-37-59(55)82(77-69)51-28-12-5-13-29-51)73(86,65-43-47(45-88-65)67-53-31-15-19-35-57(53)80(75-67)49-24-8-3-9-25-49)70(83)61-39-38-60(87-61)68-54-32-16-20-36-58(54)81(76-68)50-26-10-4-11-27-50/h2-45,70-71,83-86H,1H3. The zero-order valence-electron chi connectivity index (χ0n) is 47.6. The van der Waals surface area contributed by atoms with Crippen molar-refractivity contribution in [1.29, 1.82) is 0 Å². The van der Waals surface area contributed by atoms with Crippen molar-refractivity contribution in [2.45, 2.75) is 23.4 Å². The van der Waals surface area contributed by atoms with Crippen LogP contribution in [0.5, 0.6) is 0 Å². The van der Waals surface area contributed by atoms with Crippen molar-refractivity contribution in [2.24, 2.45) is 7.05 Å². The van der Waals surface area contributed by atoms with Gasteiger partial charge in [-0.25, -0.2) is 18.7 Å². The lowest BCUT2D eigenvalue weighted by Crippen LogP contribution is -2.56. The van der Waals surface area contributed by atoms with Gasteiger partial charge in [-0.2, -0.15) is 20.4 Å². The van der Waals surface area contributed by atoms with E-state index >= 15 is 0 Å². The number of furan rings is 1. The SMILES string of the molecule is Cn1cc(-c2nn(-c3ccccc3)c3ccccc23)cc1C(O)(C(O)c1ccc(-c2nn(-c3ccccc3)c3ccccc23)s1)C(O)(c1cc(-c2nn(-c3ccccc3)c3ccccc23)cs1)C(O)c1ccc(-c2nn(-c3ccccc3)c3ccccc23)o1. The van der Waals surface area contributed by atoms with E-state index in [0.29, 0.717) is 44.5 Å². The molecule has 0 fully saturated rings. The van der Waals surface area contributed by atoms with E-state index in [9.17, 15) is 20.4 Å². The highest BCUT2D eigenvalue weighted by Crippen LogP contribution is 2.58. The molecule has 432 valence electrons. The molecule has 0 aliphatic carbocycles. The third-order valence-electron chi connectivity index (χ3n) is 16.9. The van der Waals surface area contributed by atoms with Crippen LogP contribution in [0.2, 0.25) is 0 Å². The Morgan fingerprint density at radius 1 is 0.416 bits per heavy atom. The predicted octanol–water partition coefficient (Wildman–Crippen LogP) is 15.3. The van der Waals surface area contributed by atoms with E-state index < -0.39 is 23.4 Å². The van der Waals surface area contributed by atoms with Gasteiger partial charge in [0.2, 0.25) is 0 Å². The molecule has 0 spiro atoms. The molecule has 4 atom stereocenters. The van der Waals surface area contributed by atoms with Crippen molar-refractivity contribution in [3.8, 4) is 67.3 Å². The lowest BCUT2D eigenvalue weighted by atomic mass is 9.70. The molecular weight excluding hydrogens is 1150 g/mol. The van der Waals surface area contributed by atoms with E-state index in [1.54, 1.807) is 41.9 Å². The average Bonchev–Trinajstić information content (AvgIpc) is 1.72. The van der Waals surface area contributed by atoms with Crippen LogP contribution in [0.15, 0.2) is 271 Å². The molecule has 0 saturated carbocycles. The molecule has 16 heteroatoms. The maximum atomic E-state index is 14.9. The largest absolute Gasteiger partial charge is 0.456 e. The minimum atomic E-state index is -2.87. The van der Waals surface area contributed by atoms with Gasteiger partial charge in [-0.3, -0.25) is 0 Å². The van der Waals surface area contributed by atoms with Gasteiger partial charge in [0.1, 0.15) is 40.7 Å². The van der Waals surface area contributed by atoms with E-state index in [1.807, 2.05) is 255 Å². The molecule has 16 rings (SSSR count). The molecular formula is C73H53N9O5S2. The second-order valence-electron chi connectivity index (χ2n) is 22.1. The number of aromatic nitrogens is 9. The van der Waals surface area contributed by atoms with Crippen LogP contribution in [0.4, 0.5) is 0 Å². The first kappa shape index (κ1) is 53.9. The Hall–Kier alpha value is -10.6. The van der Waals surface area contributed by atoms with Crippen LogP contribution < -0.4 is 0 Å². The number of para-hydroxylation sites is 8. The number of thiophene rings is 2. The first-order chi connectivity index (χ1) is 43.6. The van der Waals surface area contributed by atoms with Crippen LogP contribution in [0, 0.1) is 0 Å². The summed E-state index contributed by atoms with van der Waals surface area (Å²) >= 11 is 2.35. The summed E-state index contributed by atoms with van der Waals surface area (Å²) < 4.78 is 16.0.